The van der Waals surface area contributed by atoms with Crippen molar-refractivity contribution in [3.05, 3.63) is 113 Å². The first-order chi connectivity index (χ1) is 18.4. The largest absolute Gasteiger partial charge is 0.490 e. The fourth-order valence-electron chi connectivity index (χ4n) is 3.46. The molecule has 2 amide bonds. The minimum absolute atomic E-state index is 0.0691. The van der Waals surface area contributed by atoms with Crippen LogP contribution in [0.3, 0.4) is 0 Å². The van der Waals surface area contributed by atoms with Crippen molar-refractivity contribution >= 4 is 29.7 Å². The van der Waals surface area contributed by atoms with Crippen molar-refractivity contribution in [2.45, 2.75) is 13.8 Å². The average Bonchev–Trinajstić information content (AvgIpc) is 3.46. The molecule has 0 aliphatic rings. The van der Waals surface area contributed by atoms with Gasteiger partial charge in [0.2, 0.25) is 5.76 Å². The lowest BCUT2D eigenvalue weighted by Gasteiger charge is -2.10. The third-order valence-electron chi connectivity index (χ3n) is 5.24. The highest BCUT2D eigenvalue weighted by Crippen LogP contribution is 2.29. The first-order valence-corrected chi connectivity index (χ1v) is 11.8. The van der Waals surface area contributed by atoms with Gasteiger partial charge in [0.15, 0.2) is 11.5 Å². The minimum atomic E-state index is -0.651. The molecule has 0 spiro atoms. The van der Waals surface area contributed by atoms with Gasteiger partial charge in [0.25, 0.3) is 11.8 Å². The lowest BCUT2D eigenvalue weighted by Crippen LogP contribution is -2.18. The van der Waals surface area contributed by atoms with Gasteiger partial charge in [0.1, 0.15) is 0 Å². The predicted octanol–water partition coefficient (Wildman–Crippen LogP) is 5.22. The Balaban J connectivity index is 1.39. The molecule has 0 atom stereocenters. The lowest BCUT2D eigenvalue weighted by molar-refractivity contribution is 0.0694. The maximum Gasteiger partial charge on any atom is 0.379 e. The number of hydrogen-bond donors (Lipinski definition) is 2. The predicted molar refractivity (Wildman–Crippen MR) is 142 cm³/mol. The topological polar surface area (TPSA) is 119 Å². The van der Waals surface area contributed by atoms with Crippen LogP contribution in [0.1, 0.15) is 49.3 Å². The van der Waals surface area contributed by atoms with Gasteiger partial charge in [-0.2, -0.15) is 5.10 Å². The van der Waals surface area contributed by atoms with Crippen molar-refractivity contribution in [1.29, 1.82) is 0 Å². The summed E-state index contributed by atoms with van der Waals surface area (Å²) in [5.74, 6) is -0.755. The summed E-state index contributed by atoms with van der Waals surface area (Å²) in [6, 6.07) is 21.7. The van der Waals surface area contributed by atoms with Crippen LogP contribution < -0.4 is 20.2 Å². The van der Waals surface area contributed by atoms with E-state index >= 15 is 0 Å². The number of hydrogen-bond acceptors (Lipinski definition) is 7. The van der Waals surface area contributed by atoms with Crippen LogP contribution in [0.2, 0.25) is 0 Å². The zero-order valence-corrected chi connectivity index (χ0v) is 20.8. The van der Waals surface area contributed by atoms with Crippen molar-refractivity contribution in [3.8, 4) is 11.5 Å². The van der Waals surface area contributed by atoms with Gasteiger partial charge in [-0.1, -0.05) is 23.8 Å². The highest BCUT2D eigenvalue weighted by molar-refractivity contribution is 6.05. The second-order valence-electron chi connectivity index (χ2n) is 8.11. The van der Waals surface area contributed by atoms with Crippen molar-refractivity contribution < 1.29 is 28.3 Å². The Morgan fingerprint density at radius 2 is 1.68 bits per heavy atom. The third kappa shape index (κ3) is 6.73. The lowest BCUT2D eigenvalue weighted by atomic mass is 10.1. The Hall–Kier alpha value is -5.18. The van der Waals surface area contributed by atoms with Crippen LogP contribution in [0.4, 0.5) is 5.69 Å². The number of carbonyl (C=O) groups is 3. The molecule has 38 heavy (non-hydrogen) atoms. The van der Waals surface area contributed by atoms with E-state index in [-0.39, 0.29) is 17.4 Å². The smallest absolute Gasteiger partial charge is 0.379 e. The molecule has 9 nitrogen and oxygen atoms in total. The fraction of sp³-hybridized carbons (Fsp3) is 0.103. The summed E-state index contributed by atoms with van der Waals surface area (Å²) in [5, 5.41) is 6.80. The number of amides is 2. The molecule has 192 valence electrons. The molecule has 2 N–H and O–H groups in total. The number of nitrogens with one attached hydrogen (secondary N) is 2. The highest BCUT2D eigenvalue weighted by atomic mass is 16.6. The van der Waals surface area contributed by atoms with Crippen LogP contribution in [0.5, 0.6) is 11.5 Å². The SMILES string of the molecule is CCOc1cc(C=NNC(=O)c2cccc(NC(=O)c3cccc(C)c3)c2)ccc1OC(=O)c1ccco1. The number of nitrogens with zero attached hydrogens (tertiary/aromatic N) is 1. The zero-order chi connectivity index (χ0) is 26.9. The van der Waals surface area contributed by atoms with Crippen LogP contribution in [0.25, 0.3) is 0 Å². The summed E-state index contributed by atoms with van der Waals surface area (Å²) < 4.78 is 16.0. The number of furan rings is 1. The summed E-state index contributed by atoms with van der Waals surface area (Å²) in [6.07, 6.45) is 2.81. The minimum Gasteiger partial charge on any atom is -0.490 e. The van der Waals surface area contributed by atoms with Crippen LogP contribution in [-0.2, 0) is 0 Å². The molecule has 0 bridgehead atoms. The molecule has 0 fully saturated rings. The van der Waals surface area contributed by atoms with E-state index < -0.39 is 11.9 Å². The Bertz CT molecular complexity index is 1480. The first-order valence-electron chi connectivity index (χ1n) is 11.8. The number of rotatable bonds is 9. The number of carbonyl (C=O) groups excluding carboxylic acids is 3. The molecule has 1 aromatic heterocycles. The van der Waals surface area contributed by atoms with Gasteiger partial charge in [-0.15, -0.1) is 0 Å². The molecule has 0 radical (unpaired) electrons. The highest BCUT2D eigenvalue weighted by Gasteiger charge is 2.15. The zero-order valence-electron chi connectivity index (χ0n) is 20.8. The van der Waals surface area contributed by atoms with E-state index in [1.807, 2.05) is 19.1 Å². The molecular weight excluding hydrogens is 486 g/mol. The Labute approximate surface area is 219 Å². The van der Waals surface area contributed by atoms with Crippen molar-refractivity contribution in [3.63, 3.8) is 0 Å². The summed E-state index contributed by atoms with van der Waals surface area (Å²) in [4.78, 5) is 37.3. The summed E-state index contributed by atoms with van der Waals surface area (Å²) in [5.41, 5.74) is 5.36. The van der Waals surface area contributed by atoms with E-state index in [1.165, 1.54) is 18.5 Å². The van der Waals surface area contributed by atoms with Gasteiger partial charge in [-0.3, -0.25) is 9.59 Å². The standard InChI is InChI=1S/C29H25N3O6/c1-3-36-26-16-20(12-13-24(26)38-29(35)25-11-6-14-37-25)18-30-32-28(34)22-9-5-10-23(17-22)31-27(33)21-8-4-7-19(2)15-21/h4-18H,3H2,1-2H3,(H,31,33)(H,32,34). The number of ether oxygens (including phenoxy) is 2. The molecule has 0 saturated carbocycles. The Morgan fingerprint density at radius 1 is 0.895 bits per heavy atom. The van der Waals surface area contributed by atoms with Gasteiger partial charge >= 0.3 is 5.97 Å². The van der Waals surface area contributed by atoms with Gasteiger partial charge in [-0.05, 0) is 80.1 Å². The van der Waals surface area contributed by atoms with Crippen LogP contribution in [-0.4, -0.2) is 30.6 Å². The van der Waals surface area contributed by atoms with Gasteiger partial charge in [-0.25, -0.2) is 10.2 Å². The van der Waals surface area contributed by atoms with Gasteiger partial charge in [0.05, 0.1) is 19.1 Å². The van der Waals surface area contributed by atoms with E-state index in [9.17, 15) is 14.4 Å². The van der Waals surface area contributed by atoms with Gasteiger partial charge < -0.3 is 19.2 Å². The summed E-state index contributed by atoms with van der Waals surface area (Å²) >= 11 is 0. The molecule has 4 rings (SSSR count). The fourth-order valence-corrected chi connectivity index (χ4v) is 3.46. The second-order valence-corrected chi connectivity index (χ2v) is 8.11. The Kier molecular flexibility index (Phi) is 8.30. The van der Waals surface area contributed by atoms with E-state index in [4.69, 9.17) is 13.9 Å². The molecule has 0 unspecified atom stereocenters. The first kappa shape index (κ1) is 25.9. The molecule has 0 aliphatic heterocycles. The Morgan fingerprint density at radius 3 is 2.42 bits per heavy atom. The second kappa shape index (κ2) is 12.2. The molecule has 0 saturated heterocycles. The molecule has 3 aromatic carbocycles. The summed E-state index contributed by atoms with van der Waals surface area (Å²) in [6.45, 7) is 4.06. The number of hydrazone groups is 1. The van der Waals surface area contributed by atoms with Crippen molar-refractivity contribution in [1.82, 2.24) is 5.43 Å². The van der Waals surface area contributed by atoms with E-state index in [1.54, 1.807) is 67.6 Å². The number of anilines is 1. The normalized spacial score (nSPS) is 10.7. The summed E-state index contributed by atoms with van der Waals surface area (Å²) in [7, 11) is 0. The quantitative estimate of drug-likeness (QED) is 0.138. The molecule has 1 heterocycles. The van der Waals surface area contributed by atoms with Crippen molar-refractivity contribution in [2.24, 2.45) is 5.10 Å². The van der Waals surface area contributed by atoms with Crippen LogP contribution in [0.15, 0.2) is 94.6 Å². The number of esters is 1. The maximum absolute atomic E-state index is 12.6. The molecule has 9 heteroatoms. The van der Waals surface area contributed by atoms with Gasteiger partial charge in [0, 0.05) is 16.8 Å². The third-order valence-corrected chi connectivity index (χ3v) is 5.24. The van der Waals surface area contributed by atoms with Crippen LogP contribution >= 0.6 is 0 Å². The van der Waals surface area contributed by atoms with E-state index in [0.29, 0.717) is 34.7 Å². The molecule has 4 aromatic rings. The average molecular weight is 512 g/mol. The molecular formula is C29H25N3O6. The maximum atomic E-state index is 12.6. The monoisotopic (exact) mass is 511 g/mol. The van der Waals surface area contributed by atoms with E-state index in [0.717, 1.165) is 5.56 Å². The van der Waals surface area contributed by atoms with E-state index in [2.05, 4.69) is 15.8 Å². The van der Waals surface area contributed by atoms with Crippen molar-refractivity contribution in [2.75, 3.05) is 11.9 Å². The molecule has 0 aliphatic carbocycles. The number of benzene rings is 3. The number of aryl methyl sites for hydroxylation is 1. The van der Waals surface area contributed by atoms with Crippen LogP contribution in [0, 0.1) is 6.92 Å².